The van der Waals surface area contributed by atoms with Crippen LogP contribution in [0, 0.1) is 17.1 Å². The number of halogens is 1. The predicted molar refractivity (Wildman–Crippen MR) is 101 cm³/mol. The summed E-state index contributed by atoms with van der Waals surface area (Å²) < 4.78 is 24.8. The molecule has 3 rings (SSSR count). The molecule has 1 heterocycles. The topological polar surface area (TPSA) is 48.7 Å². The summed E-state index contributed by atoms with van der Waals surface area (Å²) in [5, 5.41) is 8.91. The first-order chi connectivity index (χ1) is 13.2. The van der Waals surface area contributed by atoms with Crippen molar-refractivity contribution in [3.05, 3.63) is 59.9 Å². The molecule has 0 radical (unpaired) electrons. The molecule has 142 valence electrons. The monoisotopic (exact) mass is 369 g/mol. The van der Waals surface area contributed by atoms with Gasteiger partial charge in [0.05, 0.1) is 11.6 Å². The summed E-state index contributed by atoms with van der Waals surface area (Å²) in [6, 6.07) is 15.8. The molecule has 0 spiro atoms. The van der Waals surface area contributed by atoms with Gasteiger partial charge in [-0.15, -0.1) is 0 Å². The molecule has 5 nitrogen and oxygen atoms in total. The first kappa shape index (κ1) is 19.2. The largest absolute Gasteiger partial charge is 0.492 e. The van der Waals surface area contributed by atoms with E-state index >= 15 is 0 Å². The number of para-hydroxylation sites is 1. The van der Waals surface area contributed by atoms with E-state index in [0.717, 1.165) is 45.0 Å². The molecule has 0 unspecified atom stereocenters. The van der Waals surface area contributed by atoms with Gasteiger partial charge >= 0.3 is 0 Å². The van der Waals surface area contributed by atoms with Gasteiger partial charge < -0.3 is 9.47 Å². The molecule has 27 heavy (non-hydrogen) atoms. The minimum atomic E-state index is -0.317. The number of rotatable bonds is 8. The number of ether oxygens (including phenoxy) is 2. The average Bonchev–Trinajstić information content (AvgIpc) is 2.71. The van der Waals surface area contributed by atoms with Crippen LogP contribution in [0.15, 0.2) is 48.5 Å². The van der Waals surface area contributed by atoms with Gasteiger partial charge in [0.25, 0.3) is 0 Å². The van der Waals surface area contributed by atoms with E-state index in [9.17, 15) is 4.39 Å². The quantitative estimate of drug-likeness (QED) is 0.716. The molecule has 0 N–H and O–H groups in total. The molecule has 0 amide bonds. The molecule has 6 heteroatoms. The minimum Gasteiger partial charge on any atom is -0.492 e. The highest BCUT2D eigenvalue weighted by Crippen LogP contribution is 2.15. The van der Waals surface area contributed by atoms with E-state index < -0.39 is 0 Å². The van der Waals surface area contributed by atoms with Crippen LogP contribution in [-0.4, -0.2) is 62.3 Å². The van der Waals surface area contributed by atoms with Crippen LogP contribution in [0.5, 0.6) is 11.5 Å². The predicted octanol–water partition coefficient (Wildman–Crippen LogP) is 2.77. The number of benzene rings is 2. The lowest BCUT2D eigenvalue weighted by atomic mass is 10.2. The maximum atomic E-state index is 13.5. The summed E-state index contributed by atoms with van der Waals surface area (Å²) in [6.07, 6.45) is 0. The summed E-state index contributed by atoms with van der Waals surface area (Å²) in [5.74, 6) is 0.731. The van der Waals surface area contributed by atoms with Crippen molar-refractivity contribution in [1.82, 2.24) is 9.80 Å². The SMILES string of the molecule is N#Cc1cccc(OCCN2CCN(CCOc3ccccc3F)CC2)c1. The van der Waals surface area contributed by atoms with Crippen molar-refractivity contribution in [2.75, 3.05) is 52.5 Å². The molecular weight excluding hydrogens is 345 g/mol. The Balaban J connectivity index is 1.31. The fraction of sp³-hybridized carbons (Fsp3) is 0.381. The highest BCUT2D eigenvalue weighted by molar-refractivity contribution is 5.36. The summed E-state index contributed by atoms with van der Waals surface area (Å²) >= 11 is 0. The molecule has 2 aromatic rings. The normalized spacial score (nSPS) is 15.3. The van der Waals surface area contributed by atoms with Gasteiger partial charge in [-0.05, 0) is 30.3 Å². The van der Waals surface area contributed by atoms with Crippen molar-refractivity contribution in [1.29, 1.82) is 5.26 Å². The molecule has 1 aliphatic heterocycles. The zero-order valence-electron chi connectivity index (χ0n) is 15.3. The average molecular weight is 369 g/mol. The number of hydrogen-bond acceptors (Lipinski definition) is 5. The van der Waals surface area contributed by atoms with E-state index in [2.05, 4.69) is 15.9 Å². The Morgan fingerprint density at radius 3 is 2.22 bits per heavy atom. The summed E-state index contributed by atoms with van der Waals surface area (Å²) in [5.41, 5.74) is 0.610. The Kier molecular flexibility index (Phi) is 7.03. The maximum absolute atomic E-state index is 13.5. The summed E-state index contributed by atoms with van der Waals surface area (Å²) in [4.78, 5) is 4.69. The van der Waals surface area contributed by atoms with Gasteiger partial charge in [0.2, 0.25) is 0 Å². The number of piperazine rings is 1. The first-order valence-corrected chi connectivity index (χ1v) is 9.19. The van der Waals surface area contributed by atoms with Crippen molar-refractivity contribution in [3.8, 4) is 17.6 Å². The first-order valence-electron chi connectivity index (χ1n) is 9.19. The van der Waals surface area contributed by atoms with Gasteiger partial charge in [0.15, 0.2) is 11.6 Å². The van der Waals surface area contributed by atoms with E-state index in [1.165, 1.54) is 6.07 Å². The van der Waals surface area contributed by atoms with Gasteiger partial charge in [0.1, 0.15) is 19.0 Å². The van der Waals surface area contributed by atoms with Crippen molar-refractivity contribution in [2.24, 2.45) is 0 Å². The molecule has 2 aromatic carbocycles. The van der Waals surface area contributed by atoms with Crippen molar-refractivity contribution >= 4 is 0 Å². The van der Waals surface area contributed by atoms with Crippen LogP contribution in [0.25, 0.3) is 0 Å². The van der Waals surface area contributed by atoms with Gasteiger partial charge in [-0.3, -0.25) is 9.80 Å². The molecule has 0 aliphatic carbocycles. The van der Waals surface area contributed by atoms with E-state index in [1.807, 2.05) is 12.1 Å². The molecule has 0 saturated carbocycles. The molecule has 0 bridgehead atoms. The lowest BCUT2D eigenvalue weighted by Crippen LogP contribution is -2.48. The number of hydrogen-bond donors (Lipinski definition) is 0. The van der Waals surface area contributed by atoms with E-state index in [1.54, 1.807) is 30.3 Å². The van der Waals surface area contributed by atoms with Crippen LogP contribution in [0.3, 0.4) is 0 Å². The molecular formula is C21H24FN3O2. The Labute approximate surface area is 159 Å². The zero-order valence-corrected chi connectivity index (χ0v) is 15.3. The fourth-order valence-electron chi connectivity index (χ4n) is 3.03. The second kappa shape index (κ2) is 9.91. The third kappa shape index (κ3) is 5.95. The van der Waals surface area contributed by atoms with Gasteiger partial charge in [-0.2, -0.15) is 5.26 Å². The van der Waals surface area contributed by atoms with Crippen molar-refractivity contribution in [3.63, 3.8) is 0 Å². The Morgan fingerprint density at radius 2 is 1.56 bits per heavy atom. The molecule has 1 aliphatic rings. The van der Waals surface area contributed by atoms with E-state index in [4.69, 9.17) is 14.7 Å². The van der Waals surface area contributed by atoms with Gasteiger partial charge in [0, 0.05) is 39.3 Å². The lowest BCUT2D eigenvalue weighted by molar-refractivity contribution is 0.104. The van der Waals surface area contributed by atoms with E-state index in [-0.39, 0.29) is 5.82 Å². The van der Waals surface area contributed by atoms with Crippen LogP contribution < -0.4 is 9.47 Å². The zero-order chi connectivity index (χ0) is 18.9. The minimum absolute atomic E-state index is 0.314. The van der Waals surface area contributed by atoms with E-state index in [0.29, 0.717) is 24.5 Å². The summed E-state index contributed by atoms with van der Waals surface area (Å²) in [6.45, 7) is 6.61. The van der Waals surface area contributed by atoms with Gasteiger partial charge in [-0.1, -0.05) is 18.2 Å². The Bertz CT molecular complexity index is 770. The number of nitriles is 1. The fourth-order valence-corrected chi connectivity index (χ4v) is 3.03. The highest BCUT2D eigenvalue weighted by atomic mass is 19.1. The van der Waals surface area contributed by atoms with Gasteiger partial charge in [-0.25, -0.2) is 4.39 Å². The number of nitrogens with zero attached hydrogens (tertiary/aromatic N) is 3. The second-order valence-corrected chi connectivity index (χ2v) is 6.45. The smallest absolute Gasteiger partial charge is 0.165 e. The maximum Gasteiger partial charge on any atom is 0.165 e. The van der Waals surface area contributed by atoms with Crippen LogP contribution in [0.4, 0.5) is 4.39 Å². The van der Waals surface area contributed by atoms with Crippen molar-refractivity contribution < 1.29 is 13.9 Å². The Hall–Kier alpha value is -2.62. The summed E-state index contributed by atoms with van der Waals surface area (Å²) in [7, 11) is 0. The van der Waals surface area contributed by atoms with Crippen LogP contribution in [0.1, 0.15) is 5.56 Å². The standard InChI is InChI=1S/C21H24FN3O2/c22-20-6-1-2-7-21(20)27-15-13-25-10-8-24(9-11-25)12-14-26-19-5-3-4-18(16-19)17-23/h1-7,16H,8-15H2. The lowest BCUT2D eigenvalue weighted by Gasteiger charge is -2.34. The van der Waals surface area contributed by atoms with Crippen LogP contribution in [0.2, 0.25) is 0 Å². The van der Waals surface area contributed by atoms with Crippen LogP contribution >= 0.6 is 0 Å². The third-order valence-corrected chi connectivity index (χ3v) is 4.61. The Morgan fingerprint density at radius 1 is 0.889 bits per heavy atom. The molecule has 0 aromatic heterocycles. The third-order valence-electron chi connectivity index (χ3n) is 4.61. The van der Waals surface area contributed by atoms with Crippen molar-refractivity contribution in [2.45, 2.75) is 0 Å². The molecule has 1 fully saturated rings. The molecule has 1 saturated heterocycles. The highest BCUT2D eigenvalue weighted by Gasteiger charge is 2.16. The molecule has 0 atom stereocenters. The second-order valence-electron chi connectivity index (χ2n) is 6.45. The van der Waals surface area contributed by atoms with Crippen LogP contribution in [-0.2, 0) is 0 Å².